The van der Waals surface area contributed by atoms with Crippen LogP contribution in [0.2, 0.25) is 0 Å². The minimum Gasteiger partial charge on any atom is -0.464 e. The van der Waals surface area contributed by atoms with Crippen molar-refractivity contribution < 1.29 is 14.3 Å². The minimum atomic E-state index is -0.386. The lowest BCUT2D eigenvalue weighted by Crippen LogP contribution is -2.49. The molecule has 1 saturated heterocycles. The van der Waals surface area contributed by atoms with Crippen LogP contribution in [0.5, 0.6) is 0 Å². The summed E-state index contributed by atoms with van der Waals surface area (Å²) in [7, 11) is 0. The Morgan fingerprint density at radius 2 is 2.00 bits per heavy atom. The number of unbranched alkanes of at least 4 members (excludes halogenated alkanes) is 1. The fourth-order valence-corrected chi connectivity index (χ4v) is 3.72. The largest absolute Gasteiger partial charge is 0.464 e. The van der Waals surface area contributed by atoms with E-state index >= 15 is 0 Å². The first-order chi connectivity index (χ1) is 10.7. The van der Waals surface area contributed by atoms with E-state index in [4.69, 9.17) is 4.74 Å². The van der Waals surface area contributed by atoms with Crippen LogP contribution in [0.15, 0.2) is 30.3 Å². The van der Waals surface area contributed by atoms with Gasteiger partial charge in [-0.3, -0.25) is 4.79 Å². The predicted molar refractivity (Wildman–Crippen MR) is 83.4 cm³/mol. The Morgan fingerprint density at radius 1 is 1.23 bits per heavy atom. The first kappa shape index (κ1) is 15.1. The van der Waals surface area contributed by atoms with Crippen LogP contribution in [0.4, 0.5) is 0 Å². The number of carbonyl (C=O) groups excluding carboxylic acids is 2. The summed E-state index contributed by atoms with van der Waals surface area (Å²) in [6.07, 6.45) is 4.83. The molecule has 4 heteroatoms. The number of benzene rings is 1. The summed E-state index contributed by atoms with van der Waals surface area (Å²) in [5.41, 5.74) is 0.654. The Morgan fingerprint density at radius 3 is 2.73 bits per heavy atom. The molecule has 2 aliphatic rings. The number of amides is 1. The van der Waals surface area contributed by atoms with Gasteiger partial charge in [-0.2, -0.15) is 0 Å². The number of nitrogens with zero attached hydrogens (tertiary/aromatic N) is 1. The zero-order valence-electron chi connectivity index (χ0n) is 13.0. The standard InChI is InChI=1S/C18H23NO3/c1-2-3-11-22-18(21)16-14-9-10-15(12-14)19(16)17(20)13-7-5-4-6-8-13/h4-8,14-16H,2-3,9-12H2,1H3/t14-,15-,16+/m0/s1. The van der Waals surface area contributed by atoms with Gasteiger partial charge < -0.3 is 9.64 Å². The molecule has 0 aromatic heterocycles. The first-order valence-electron chi connectivity index (χ1n) is 8.26. The van der Waals surface area contributed by atoms with Crippen molar-refractivity contribution in [3.63, 3.8) is 0 Å². The predicted octanol–water partition coefficient (Wildman–Crippen LogP) is 3.02. The molecule has 3 rings (SSSR count). The fraction of sp³-hybridized carbons (Fsp3) is 0.556. The third-order valence-corrected chi connectivity index (χ3v) is 4.82. The molecule has 118 valence electrons. The van der Waals surface area contributed by atoms with Crippen molar-refractivity contribution in [2.24, 2.45) is 5.92 Å². The molecule has 0 unspecified atom stereocenters. The van der Waals surface area contributed by atoms with Crippen molar-refractivity contribution in [2.45, 2.75) is 51.1 Å². The van der Waals surface area contributed by atoms with E-state index in [0.29, 0.717) is 12.2 Å². The summed E-state index contributed by atoms with van der Waals surface area (Å²) in [5, 5.41) is 0. The summed E-state index contributed by atoms with van der Waals surface area (Å²) in [6.45, 7) is 2.52. The lowest BCUT2D eigenvalue weighted by atomic mass is 9.98. The average molecular weight is 301 g/mol. The maximum Gasteiger partial charge on any atom is 0.329 e. The van der Waals surface area contributed by atoms with E-state index in [2.05, 4.69) is 6.92 Å². The Hall–Kier alpha value is -1.84. The van der Waals surface area contributed by atoms with E-state index < -0.39 is 0 Å². The molecular weight excluding hydrogens is 278 g/mol. The summed E-state index contributed by atoms with van der Waals surface area (Å²) in [6, 6.07) is 9.04. The summed E-state index contributed by atoms with van der Waals surface area (Å²) < 4.78 is 5.40. The van der Waals surface area contributed by atoms with Crippen molar-refractivity contribution >= 4 is 11.9 Å². The van der Waals surface area contributed by atoms with Gasteiger partial charge in [-0.25, -0.2) is 4.79 Å². The second-order valence-electron chi connectivity index (χ2n) is 6.27. The first-order valence-corrected chi connectivity index (χ1v) is 8.26. The third kappa shape index (κ3) is 2.74. The van der Waals surface area contributed by atoms with E-state index in [9.17, 15) is 9.59 Å². The monoisotopic (exact) mass is 301 g/mol. The van der Waals surface area contributed by atoms with Gasteiger partial charge in [-0.15, -0.1) is 0 Å². The Labute approximate surface area is 131 Å². The molecule has 0 N–H and O–H groups in total. The average Bonchev–Trinajstić information content (AvgIpc) is 3.16. The quantitative estimate of drug-likeness (QED) is 0.620. The van der Waals surface area contributed by atoms with E-state index in [0.717, 1.165) is 32.1 Å². The van der Waals surface area contributed by atoms with E-state index in [-0.39, 0.29) is 29.9 Å². The highest BCUT2D eigenvalue weighted by atomic mass is 16.5. The second kappa shape index (κ2) is 6.51. The summed E-state index contributed by atoms with van der Waals surface area (Å²) in [5.74, 6) is 0.0157. The molecule has 1 amide bonds. The Bertz CT molecular complexity index is 543. The number of fused-ring (bicyclic) bond motifs is 2. The Kier molecular flexibility index (Phi) is 4.46. The van der Waals surface area contributed by atoms with Gasteiger partial charge in [0.1, 0.15) is 6.04 Å². The zero-order chi connectivity index (χ0) is 15.5. The highest BCUT2D eigenvalue weighted by molar-refractivity contribution is 5.97. The summed E-state index contributed by atoms with van der Waals surface area (Å²) in [4.78, 5) is 27.0. The van der Waals surface area contributed by atoms with E-state index in [1.807, 2.05) is 30.3 Å². The molecule has 1 aromatic rings. The topological polar surface area (TPSA) is 46.6 Å². The summed E-state index contributed by atoms with van der Waals surface area (Å²) >= 11 is 0. The smallest absolute Gasteiger partial charge is 0.329 e. The Balaban J connectivity index is 1.76. The molecule has 0 radical (unpaired) electrons. The number of hydrogen-bond donors (Lipinski definition) is 0. The number of esters is 1. The molecule has 22 heavy (non-hydrogen) atoms. The SMILES string of the molecule is CCCCOC(=O)[C@H]1[C@H]2CC[C@@H](C2)N1C(=O)c1ccccc1. The molecule has 3 atom stereocenters. The minimum absolute atomic E-state index is 0.0368. The van der Waals surface area contributed by atoms with Gasteiger partial charge in [-0.05, 0) is 43.7 Å². The van der Waals surface area contributed by atoms with Crippen LogP contribution in [-0.4, -0.2) is 35.5 Å². The van der Waals surface area contributed by atoms with Crippen molar-refractivity contribution in [2.75, 3.05) is 6.61 Å². The van der Waals surface area contributed by atoms with E-state index in [1.165, 1.54) is 0 Å². The van der Waals surface area contributed by atoms with Crippen LogP contribution < -0.4 is 0 Å². The van der Waals surface area contributed by atoms with Crippen LogP contribution in [0.25, 0.3) is 0 Å². The lowest BCUT2D eigenvalue weighted by molar-refractivity contribution is -0.150. The number of likely N-dealkylation sites (tertiary alicyclic amines) is 1. The maximum absolute atomic E-state index is 12.8. The number of hydrogen-bond acceptors (Lipinski definition) is 3. The van der Waals surface area contributed by atoms with Gasteiger partial charge in [0.2, 0.25) is 0 Å². The van der Waals surface area contributed by atoms with Crippen LogP contribution >= 0.6 is 0 Å². The van der Waals surface area contributed by atoms with Gasteiger partial charge in [0.15, 0.2) is 0 Å². The number of ether oxygens (including phenoxy) is 1. The number of carbonyl (C=O) groups is 2. The maximum atomic E-state index is 12.8. The third-order valence-electron chi connectivity index (χ3n) is 4.82. The van der Waals surface area contributed by atoms with Gasteiger partial charge in [-0.1, -0.05) is 31.5 Å². The molecule has 1 saturated carbocycles. The second-order valence-corrected chi connectivity index (χ2v) is 6.27. The molecule has 4 nitrogen and oxygen atoms in total. The molecule has 1 aliphatic heterocycles. The van der Waals surface area contributed by atoms with Crippen molar-refractivity contribution in [1.29, 1.82) is 0 Å². The number of piperidine rings is 1. The van der Waals surface area contributed by atoms with Crippen LogP contribution in [-0.2, 0) is 9.53 Å². The molecule has 0 spiro atoms. The van der Waals surface area contributed by atoms with Gasteiger partial charge in [0.05, 0.1) is 6.61 Å². The van der Waals surface area contributed by atoms with Crippen LogP contribution in [0, 0.1) is 5.92 Å². The highest BCUT2D eigenvalue weighted by Gasteiger charge is 2.52. The normalized spacial score (nSPS) is 26.2. The van der Waals surface area contributed by atoms with Crippen LogP contribution in [0.3, 0.4) is 0 Å². The van der Waals surface area contributed by atoms with Gasteiger partial charge >= 0.3 is 5.97 Å². The molecule has 2 fully saturated rings. The number of rotatable bonds is 5. The van der Waals surface area contributed by atoms with Crippen LogP contribution in [0.1, 0.15) is 49.4 Å². The molecule has 2 bridgehead atoms. The van der Waals surface area contributed by atoms with Gasteiger partial charge in [0.25, 0.3) is 5.91 Å². The molecular formula is C18H23NO3. The molecule has 1 aliphatic carbocycles. The molecule has 1 aromatic carbocycles. The van der Waals surface area contributed by atoms with E-state index in [1.54, 1.807) is 4.90 Å². The highest BCUT2D eigenvalue weighted by Crippen LogP contribution is 2.43. The fourth-order valence-electron chi connectivity index (χ4n) is 3.72. The molecule has 1 heterocycles. The van der Waals surface area contributed by atoms with Gasteiger partial charge in [0, 0.05) is 11.6 Å². The zero-order valence-corrected chi connectivity index (χ0v) is 13.0. The van der Waals surface area contributed by atoms with Crippen molar-refractivity contribution in [3.8, 4) is 0 Å². The van der Waals surface area contributed by atoms with Crippen molar-refractivity contribution in [3.05, 3.63) is 35.9 Å². The lowest BCUT2D eigenvalue weighted by Gasteiger charge is -2.33. The van der Waals surface area contributed by atoms with Crippen molar-refractivity contribution in [1.82, 2.24) is 4.90 Å².